The van der Waals surface area contributed by atoms with Crippen LogP contribution in [0.25, 0.3) is 0 Å². The highest BCUT2D eigenvalue weighted by molar-refractivity contribution is 7.18. The van der Waals surface area contributed by atoms with Crippen molar-refractivity contribution < 1.29 is 37.0 Å². The Morgan fingerprint density at radius 1 is 1.13 bits per heavy atom. The fourth-order valence-corrected chi connectivity index (χ4v) is 5.45. The van der Waals surface area contributed by atoms with E-state index in [1.807, 2.05) is 0 Å². The number of carbonyl (C=O) groups excluding carboxylic acids is 3. The third kappa shape index (κ3) is 5.18. The van der Waals surface area contributed by atoms with Gasteiger partial charge in [-0.15, -0.1) is 11.3 Å². The monoisotopic (exact) mass is 590 g/mol. The standard InChI is InChI=1S/C23H19Cl2F3N4O5S/c1-9-17(21(34)36-2)20(38-18(9)22(35)37-3)30-19(33)14-8-16-29-13(10-4-5-11(24)12(25)6-10)7-15(23(26,27)28)32(16)31-14/h4-6,8,13,15,29H,7H2,1-3H3,(H,30,33)/t13-,15-/m1/s1. The van der Waals surface area contributed by atoms with E-state index in [0.717, 1.165) is 31.6 Å². The molecule has 0 bridgehead atoms. The average molecular weight is 591 g/mol. The number of esters is 2. The number of rotatable bonds is 5. The molecule has 2 atom stereocenters. The van der Waals surface area contributed by atoms with Crippen LogP contribution >= 0.6 is 34.5 Å². The van der Waals surface area contributed by atoms with Gasteiger partial charge in [-0.2, -0.15) is 18.3 Å². The summed E-state index contributed by atoms with van der Waals surface area (Å²) in [7, 11) is 2.28. The maximum atomic E-state index is 14.0. The Hall–Kier alpha value is -3.29. The van der Waals surface area contributed by atoms with Crippen molar-refractivity contribution in [2.75, 3.05) is 24.9 Å². The van der Waals surface area contributed by atoms with Crippen molar-refractivity contribution in [1.82, 2.24) is 9.78 Å². The first-order valence-electron chi connectivity index (χ1n) is 10.8. The predicted octanol–water partition coefficient (Wildman–Crippen LogP) is 6.05. The van der Waals surface area contributed by atoms with Gasteiger partial charge in [0.05, 0.1) is 35.9 Å². The van der Waals surface area contributed by atoms with Gasteiger partial charge in [-0.25, -0.2) is 14.3 Å². The number of alkyl halides is 3. The van der Waals surface area contributed by atoms with Crippen LogP contribution in [-0.2, 0) is 9.47 Å². The van der Waals surface area contributed by atoms with Crippen molar-refractivity contribution in [1.29, 1.82) is 0 Å². The molecule has 1 aromatic carbocycles. The maximum absolute atomic E-state index is 14.0. The molecule has 15 heteroatoms. The zero-order valence-electron chi connectivity index (χ0n) is 19.9. The van der Waals surface area contributed by atoms with Gasteiger partial charge in [-0.1, -0.05) is 29.3 Å². The fraction of sp³-hybridized carbons (Fsp3) is 0.304. The summed E-state index contributed by atoms with van der Waals surface area (Å²) in [5.74, 6) is -2.51. The van der Waals surface area contributed by atoms with E-state index in [2.05, 4.69) is 15.7 Å². The number of hydrogen-bond acceptors (Lipinski definition) is 8. The normalized spacial score (nSPS) is 16.8. The lowest BCUT2D eigenvalue weighted by Crippen LogP contribution is -2.35. The van der Waals surface area contributed by atoms with Crippen LogP contribution < -0.4 is 10.6 Å². The Morgan fingerprint density at radius 2 is 1.82 bits per heavy atom. The lowest BCUT2D eigenvalue weighted by molar-refractivity contribution is -0.173. The fourth-order valence-electron chi connectivity index (χ4n) is 4.04. The van der Waals surface area contributed by atoms with Crippen LogP contribution in [0, 0.1) is 6.92 Å². The lowest BCUT2D eigenvalue weighted by atomic mass is 9.97. The number of ether oxygens (including phenoxy) is 2. The van der Waals surface area contributed by atoms with E-state index in [9.17, 15) is 27.6 Å². The van der Waals surface area contributed by atoms with Crippen molar-refractivity contribution in [3.63, 3.8) is 0 Å². The first-order chi connectivity index (χ1) is 17.8. The molecule has 0 aliphatic carbocycles. The van der Waals surface area contributed by atoms with E-state index in [1.165, 1.54) is 19.1 Å². The Morgan fingerprint density at radius 3 is 2.42 bits per heavy atom. The van der Waals surface area contributed by atoms with Crippen LogP contribution in [0.5, 0.6) is 0 Å². The van der Waals surface area contributed by atoms with Crippen LogP contribution in [0.3, 0.4) is 0 Å². The Labute approximate surface area is 227 Å². The second-order valence-electron chi connectivity index (χ2n) is 8.22. The quantitative estimate of drug-likeness (QED) is 0.348. The number of benzene rings is 1. The van der Waals surface area contributed by atoms with Crippen molar-refractivity contribution in [2.45, 2.75) is 31.6 Å². The number of thiophene rings is 1. The Bertz CT molecular complexity index is 1440. The molecule has 3 aromatic rings. The van der Waals surface area contributed by atoms with Crippen molar-refractivity contribution >= 4 is 63.2 Å². The molecule has 2 aromatic heterocycles. The third-order valence-corrected chi connectivity index (χ3v) is 7.83. The minimum Gasteiger partial charge on any atom is -0.465 e. The number of hydrogen-bond donors (Lipinski definition) is 2. The molecular weight excluding hydrogens is 572 g/mol. The predicted molar refractivity (Wildman–Crippen MR) is 134 cm³/mol. The highest BCUT2D eigenvalue weighted by Gasteiger charge is 2.47. The third-order valence-electron chi connectivity index (χ3n) is 5.90. The molecule has 0 unspecified atom stereocenters. The zero-order chi connectivity index (χ0) is 27.9. The number of nitrogens with one attached hydrogen (secondary N) is 2. The van der Waals surface area contributed by atoms with Crippen LogP contribution in [0.2, 0.25) is 10.0 Å². The van der Waals surface area contributed by atoms with Crippen LogP contribution in [0.1, 0.15) is 60.1 Å². The summed E-state index contributed by atoms with van der Waals surface area (Å²) in [6.45, 7) is 1.47. The number of halogens is 5. The van der Waals surface area contributed by atoms with E-state index in [-0.39, 0.29) is 42.6 Å². The van der Waals surface area contributed by atoms with Gasteiger partial charge in [0.25, 0.3) is 5.91 Å². The molecule has 1 aliphatic rings. The van der Waals surface area contributed by atoms with Gasteiger partial charge in [0, 0.05) is 12.5 Å². The lowest BCUT2D eigenvalue weighted by Gasteiger charge is -2.33. The molecule has 1 amide bonds. The second kappa shape index (κ2) is 10.5. The van der Waals surface area contributed by atoms with Gasteiger partial charge in [0.15, 0.2) is 11.7 Å². The molecular formula is C23H19Cl2F3N4O5S. The number of amides is 1. The number of carbonyl (C=O) groups is 3. The van der Waals surface area contributed by atoms with Crippen LogP contribution in [-0.4, -0.2) is 48.0 Å². The first-order valence-corrected chi connectivity index (χ1v) is 12.4. The van der Waals surface area contributed by atoms with Crippen molar-refractivity contribution in [2.24, 2.45) is 0 Å². The van der Waals surface area contributed by atoms with E-state index in [4.69, 9.17) is 32.7 Å². The van der Waals surface area contributed by atoms with Gasteiger partial charge in [0.1, 0.15) is 15.7 Å². The summed E-state index contributed by atoms with van der Waals surface area (Å²) in [5.41, 5.74) is 0.259. The Balaban J connectivity index is 1.69. The number of aromatic nitrogens is 2. The molecule has 3 heterocycles. The van der Waals surface area contributed by atoms with Crippen molar-refractivity contribution in [3.05, 3.63) is 61.6 Å². The van der Waals surface area contributed by atoms with Gasteiger partial charge < -0.3 is 20.1 Å². The second-order valence-corrected chi connectivity index (χ2v) is 10.1. The van der Waals surface area contributed by atoms with Gasteiger partial charge in [-0.05, 0) is 30.2 Å². The molecule has 1 aliphatic heterocycles. The van der Waals surface area contributed by atoms with E-state index in [0.29, 0.717) is 10.2 Å². The number of fused-ring (bicyclic) bond motifs is 1. The summed E-state index contributed by atoms with van der Waals surface area (Å²) in [6, 6.07) is 2.84. The minimum absolute atomic E-state index is 0.0419. The molecule has 0 radical (unpaired) electrons. The molecule has 38 heavy (non-hydrogen) atoms. The molecule has 0 saturated carbocycles. The van der Waals surface area contributed by atoms with Gasteiger partial charge >= 0.3 is 18.1 Å². The summed E-state index contributed by atoms with van der Waals surface area (Å²) >= 11 is 12.8. The van der Waals surface area contributed by atoms with Crippen LogP contribution in [0.4, 0.5) is 24.0 Å². The molecule has 202 valence electrons. The highest BCUT2D eigenvalue weighted by Crippen LogP contribution is 2.44. The molecule has 9 nitrogen and oxygen atoms in total. The van der Waals surface area contributed by atoms with Crippen molar-refractivity contribution in [3.8, 4) is 0 Å². The summed E-state index contributed by atoms with van der Waals surface area (Å²) in [4.78, 5) is 37.5. The number of anilines is 2. The highest BCUT2D eigenvalue weighted by atomic mass is 35.5. The van der Waals surface area contributed by atoms with E-state index in [1.54, 1.807) is 6.07 Å². The topological polar surface area (TPSA) is 112 Å². The molecule has 4 rings (SSSR count). The van der Waals surface area contributed by atoms with Crippen LogP contribution in [0.15, 0.2) is 24.3 Å². The van der Waals surface area contributed by atoms with Gasteiger partial charge in [0.2, 0.25) is 0 Å². The summed E-state index contributed by atoms with van der Waals surface area (Å²) in [5, 5.41) is 9.72. The SMILES string of the molecule is COC(=O)c1sc(NC(=O)c2cc3n(n2)[C@@H](C(F)(F)F)C[C@H](c2ccc(Cl)c(Cl)c2)N3)c(C(=O)OC)c1C. The maximum Gasteiger partial charge on any atom is 0.410 e. The molecule has 0 spiro atoms. The average Bonchev–Trinajstić information content (AvgIpc) is 3.44. The smallest absolute Gasteiger partial charge is 0.410 e. The molecule has 2 N–H and O–H groups in total. The largest absolute Gasteiger partial charge is 0.465 e. The molecule has 0 saturated heterocycles. The van der Waals surface area contributed by atoms with E-state index < -0.39 is 42.5 Å². The molecule has 0 fully saturated rings. The minimum atomic E-state index is -4.68. The summed E-state index contributed by atoms with van der Waals surface area (Å²) < 4.78 is 52.2. The first kappa shape index (κ1) is 27.7. The Kier molecular flexibility index (Phi) is 7.64. The number of nitrogens with zero attached hydrogens (tertiary/aromatic N) is 2. The number of methoxy groups -OCH3 is 2. The summed E-state index contributed by atoms with van der Waals surface area (Å²) in [6.07, 6.45) is -5.10. The zero-order valence-corrected chi connectivity index (χ0v) is 22.2. The van der Waals surface area contributed by atoms with Gasteiger partial charge in [-0.3, -0.25) is 4.79 Å². The van der Waals surface area contributed by atoms with E-state index >= 15 is 0 Å².